The third kappa shape index (κ3) is 5.19. The minimum Gasteiger partial charge on any atom is -0.451 e. The summed E-state index contributed by atoms with van der Waals surface area (Å²) in [6.07, 6.45) is -4.63. The van der Waals surface area contributed by atoms with E-state index in [-0.39, 0.29) is 32.3 Å². The van der Waals surface area contributed by atoms with Crippen LogP contribution in [0.5, 0.6) is 0 Å². The summed E-state index contributed by atoms with van der Waals surface area (Å²) in [5, 5.41) is 1.64. The molecule has 0 unspecified atom stereocenters. The standard InChI is InChI=1S/C26H22F3N3O3S2/c1-16-22-18(26(27,28)29)14-19(20-8-5-13-36-20)30-24(22)37-23(16)25(34)35-15-21(33)32-11-9-31(10-12-32)17-6-3-2-4-7-17/h2-8,13-14H,9-12,15H2,1H3. The number of thiophene rings is 2. The maximum absolute atomic E-state index is 13.9. The van der Waals surface area contributed by atoms with Crippen LogP contribution in [0.3, 0.4) is 0 Å². The zero-order valence-corrected chi connectivity index (χ0v) is 21.4. The quantitative estimate of drug-likeness (QED) is 0.294. The predicted octanol–water partition coefficient (Wildman–Crippen LogP) is 5.86. The minimum absolute atomic E-state index is 0.0121. The number of anilines is 1. The Kier molecular flexibility index (Phi) is 6.91. The van der Waals surface area contributed by atoms with E-state index in [9.17, 15) is 22.8 Å². The summed E-state index contributed by atoms with van der Waals surface area (Å²) in [5.41, 5.74) is 0.573. The van der Waals surface area contributed by atoms with Crippen molar-refractivity contribution in [1.29, 1.82) is 0 Å². The predicted molar refractivity (Wildman–Crippen MR) is 138 cm³/mol. The summed E-state index contributed by atoms with van der Waals surface area (Å²) in [6.45, 7) is 3.24. The molecule has 0 atom stereocenters. The summed E-state index contributed by atoms with van der Waals surface area (Å²) < 4.78 is 47.1. The van der Waals surface area contributed by atoms with E-state index in [0.717, 1.165) is 23.1 Å². The van der Waals surface area contributed by atoms with Crippen LogP contribution >= 0.6 is 22.7 Å². The third-order valence-electron chi connectivity index (χ3n) is 6.25. The number of pyridine rings is 1. The highest BCUT2D eigenvalue weighted by Gasteiger charge is 2.36. The van der Waals surface area contributed by atoms with Crippen LogP contribution in [-0.4, -0.2) is 54.5 Å². The van der Waals surface area contributed by atoms with Gasteiger partial charge in [-0.1, -0.05) is 24.3 Å². The molecule has 1 saturated heterocycles. The van der Waals surface area contributed by atoms with Crippen molar-refractivity contribution >= 4 is 50.5 Å². The molecule has 0 radical (unpaired) electrons. The number of amides is 1. The average molecular weight is 546 g/mol. The number of hydrogen-bond donors (Lipinski definition) is 0. The molecule has 0 N–H and O–H groups in total. The number of benzene rings is 1. The van der Waals surface area contributed by atoms with E-state index in [2.05, 4.69) is 9.88 Å². The molecule has 37 heavy (non-hydrogen) atoms. The minimum atomic E-state index is -4.63. The van der Waals surface area contributed by atoms with Crippen molar-refractivity contribution < 1.29 is 27.5 Å². The SMILES string of the molecule is Cc1c(C(=O)OCC(=O)N2CCN(c3ccccc3)CC2)sc2nc(-c3cccs3)cc(C(F)(F)F)c12. The Morgan fingerprint density at radius 1 is 1.05 bits per heavy atom. The number of aryl methyl sites for hydroxylation is 1. The number of hydrogen-bond acceptors (Lipinski definition) is 7. The van der Waals surface area contributed by atoms with Gasteiger partial charge in [0.15, 0.2) is 6.61 Å². The van der Waals surface area contributed by atoms with Crippen molar-refractivity contribution in [3.8, 4) is 10.6 Å². The normalized spacial score (nSPS) is 14.3. The van der Waals surface area contributed by atoms with Crippen LogP contribution in [0, 0.1) is 6.92 Å². The highest BCUT2D eigenvalue weighted by atomic mass is 32.1. The zero-order chi connectivity index (χ0) is 26.2. The molecule has 5 rings (SSSR count). The molecular formula is C26H22F3N3O3S2. The summed E-state index contributed by atoms with van der Waals surface area (Å²) >= 11 is 2.13. The molecule has 4 heterocycles. The number of carbonyl (C=O) groups is 2. The molecular weight excluding hydrogens is 523 g/mol. The molecule has 0 saturated carbocycles. The van der Waals surface area contributed by atoms with Gasteiger partial charge in [0.2, 0.25) is 0 Å². The van der Waals surface area contributed by atoms with E-state index in [1.165, 1.54) is 18.3 Å². The van der Waals surface area contributed by atoms with Crippen molar-refractivity contribution in [2.24, 2.45) is 0 Å². The van der Waals surface area contributed by atoms with Crippen molar-refractivity contribution in [3.05, 3.63) is 69.9 Å². The van der Waals surface area contributed by atoms with Gasteiger partial charge in [0.1, 0.15) is 9.71 Å². The molecule has 192 valence electrons. The summed E-state index contributed by atoms with van der Waals surface area (Å²) in [6, 6.07) is 14.3. The smallest absolute Gasteiger partial charge is 0.417 e. The Hall–Kier alpha value is -3.44. The van der Waals surface area contributed by atoms with Gasteiger partial charge in [0, 0.05) is 37.3 Å². The van der Waals surface area contributed by atoms with Crippen LogP contribution in [0.25, 0.3) is 20.8 Å². The number of ether oxygens (including phenoxy) is 1. The largest absolute Gasteiger partial charge is 0.451 e. The Morgan fingerprint density at radius 3 is 2.43 bits per heavy atom. The number of aromatic nitrogens is 1. The first-order valence-electron chi connectivity index (χ1n) is 11.5. The molecule has 1 fully saturated rings. The van der Waals surface area contributed by atoms with Gasteiger partial charge in [-0.05, 0) is 42.1 Å². The van der Waals surface area contributed by atoms with Crippen LogP contribution in [0.1, 0.15) is 20.8 Å². The number of alkyl halides is 3. The lowest BCUT2D eigenvalue weighted by Crippen LogP contribution is -2.49. The number of halogens is 3. The fourth-order valence-electron chi connectivity index (χ4n) is 4.35. The number of carbonyl (C=O) groups excluding carboxylic acids is 2. The lowest BCUT2D eigenvalue weighted by atomic mass is 10.1. The Bertz CT molecular complexity index is 1430. The van der Waals surface area contributed by atoms with Crippen LogP contribution in [0.15, 0.2) is 53.9 Å². The second kappa shape index (κ2) is 10.1. The number of piperazine rings is 1. The lowest BCUT2D eigenvalue weighted by molar-refractivity contribution is -0.136. The second-order valence-electron chi connectivity index (χ2n) is 8.55. The van der Waals surface area contributed by atoms with E-state index in [1.807, 2.05) is 30.3 Å². The van der Waals surface area contributed by atoms with Gasteiger partial charge in [-0.25, -0.2) is 9.78 Å². The number of rotatable bonds is 5. The van der Waals surface area contributed by atoms with Crippen molar-refractivity contribution in [1.82, 2.24) is 9.88 Å². The van der Waals surface area contributed by atoms with Crippen LogP contribution in [0.4, 0.5) is 18.9 Å². The van der Waals surface area contributed by atoms with Crippen molar-refractivity contribution in [2.45, 2.75) is 13.1 Å². The monoisotopic (exact) mass is 545 g/mol. The van der Waals surface area contributed by atoms with E-state index in [4.69, 9.17) is 4.74 Å². The summed E-state index contributed by atoms with van der Waals surface area (Å²) in [4.78, 5) is 34.4. The fourth-order valence-corrected chi connectivity index (χ4v) is 6.14. The fraction of sp³-hybridized carbons (Fsp3) is 0.269. The van der Waals surface area contributed by atoms with Crippen molar-refractivity contribution in [2.75, 3.05) is 37.7 Å². The molecule has 0 spiro atoms. The average Bonchev–Trinajstić information content (AvgIpc) is 3.55. The van der Waals surface area contributed by atoms with Gasteiger partial charge in [-0.15, -0.1) is 22.7 Å². The van der Waals surface area contributed by atoms with Crippen molar-refractivity contribution in [3.63, 3.8) is 0 Å². The molecule has 11 heteroatoms. The molecule has 1 aliphatic rings. The first-order valence-corrected chi connectivity index (χ1v) is 13.2. The topological polar surface area (TPSA) is 62.7 Å². The Morgan fingerprint density at radius 2 is 1.78 bits per heavy atom. The van der Waals surface area contributed by atoms with Crippen LogP contribution in [0.2, 0.25) is 0 Å². The first kappa shape index (κ1) is 25.2. The highest BCUT2D eigenvalue weighted by Crippen LogP contribution is 2.42. The zero-order valence-electron chi connectivity index (χ0n) is 19.7. The number of para-hydroxylation sites is 1. The number of nitrogens with zero attached hydrogens (tertiary/aromatic N) is 3. The third-order valence-corrected chi connectivity index (χ3v) is 8.30. The maximum Gasteiger partial charge on any atom is 0.417 e. The van der Waals surface area contributed by atoms with Gasteiger partial charge in [0.25, 0.3) is 5.91 Å². The van der Waals surface area contributed by atoms with Gasteiger partial charge in [-0.2, -0.15) is 13.2 Å². The maximum atomic E-state index is 13.9. The second-order valence-corrected chi connectivity index (χ2v) is 10.5. The van der Waals surface area contributed by atoms with E-state index in [1.54, 1.807) is 22.4 Å². The van der Waals surface area contributed by atoms with Gasteiger partial charge >= 0.3 is 12.1 Å². The Balaban J connectivity index is 1.30. The van der Waals surface area contributed by atoms with E-state index < -0.39 is 24.3 Å². The van der Waals surface area contributed by atoms with Gasteiger partial charge < -0.3 is 14.5 Å². The Labute approximate surface area is 218 Å². The summed E-state index contributed by atoms with van der Waals surface area (Å²) in [5.74, 6) is -1.17. The lowest BCUT2D eigenvalue weighted by Gasteiger charge is -2.36. The molecule has 4 aromatic rings. The highest BCUT2D eigenvalue weighted by molar-refractivity contribution is 7.20. The van der Waals surface area contributed by atoms with Gasteiger partial charge in [-0.3, -0.25) is 4.79 Å². The number of esters is 1. The molecule has 0 bridgehead atoms. The van der Waals surface area contributed by atoms with Crippen LogP contribution in [-0.2, 0) is 15.7 Å². The number of fused-ring (bicyclic) bond motifs is 1. The van der Waals surface area contributed by atoms with E-state index >= 15 is 0 Å². The first-order chi connectivity index (χ1) is 17.7. The molecule has 6 nitrogen and oxygen atoms in total. The molecule has 3 aromatic heterocycles. The van der Waals surface area contributed by atoms with Crippen LogP contribution < -0.4 is 4.90 Å². The molecule has 1 amide bonds. The molecule has 1 aliphatic heterocycles. The summed E-state index contributed by atoms with van der Waals surface area (Å²) in [7, 11) is 0. The molecule has 0 aliphatic carbocycles. The van der Waals surface area contributed by atoms with E-state index in [0.29, 0.717) is 31.1 Å². The molecule has 1 aromatic carbocycles. The van der Waals surface area contributed by atoms with Gasteiger partial charge in [0.05, 0.1) is 16.1 Å².